The van der Waals surface area contributed by atoms with E-state index in [1.807, 2.05) is 24.3 Å². The minimum Gasteiger partial charge on any atom is -0.497 e. The van der Waals surface area contributed by atoms with Gasteiger partial charge in [0.1, 0.15) is 5.75 Å². The maximum absolute atomic E-state index is 10.9. The molecule has 0 bridgehead atoms. The summed E-state index contributed by atoms with van der Waals surface area (Å²) in [5.74, 6) is 0.0309. The predicted molar refractivity (Wildman–Crippen MR) is 67.4 cm³/mol. The summed E-state index contributed by atoms with van der Waals surface area (Å²) in [6.45, 7) is 6.18. The van der Waals surface area contributed by atoms with Crippen molar-refractivity contribution in [2.24, 2.45) is 5.41 Å². The van der Waals surface area contributed by atoms with E-state index in [1.165, 1.54) is 0 Å². The fraction of sp³-hybridized carbons (Fsp3) is 0.500. The Hall–Kier alpha value is -1.51. The normalized spacial score (nSPS) is 13.2. The van der Waals surface area contributed by atoms with E-state index in [9.17, 15) is 4.79 Å². The number of carbonyl (C=O) groups is 1. The van der Waals surface area contributed by atoms with Crippen molar-refractivity contribution in [3.63, 3.8) is 0 Å². The van der Waals surface area contributed by atoms with Crippen LogP contribution in [0.25, 0.3) is 0 Å². The highest BCUT2D eigenvalue weighted by atomic mass is 16.5. The van der Waals surface area contributed by atoms with Gasteiger partial charge in [-0.1, -0.05) is 32.9 Å². The average molecular weight is 236 g/mol. The molecule has 0 heterocycles. The van der Waals surface area contributed by atoms with E-state index >= 15 is 0 Å². The third kappa shape index (κ3) is 3.77. The van der Waals surface area contributed by atoms with Crippen LogP contribution in [0.5, 0.6) is 5.75 Å². The Morgan fingerprint density at radius 2 is 1.82 bits per heavy atom. The molecular weight excluding hydrogens is 216 g/mol. The van der Waals surface area contributed by atoms with Crippen LogP contribution in [0.15, 0.2) is 24.3 Å². The number of methoxy groups -OCH3 is 1. The lowest BCUT2D eigenvalue weighted by Crippen LogP contribution is -2.21. The molecule has 0 aromatic heterocycles. The van der Waals surface area contributed by atoms with Crippen LogP contribution >= 0.6 is 0 Å². The maximum atomic E-state index is 10.9. The van der Waals surface area contributed by atoms with Gasteiger partial charge in [0.05, 0.1) is 13.5 Å². The third-order valence-corrected chi connectivity index (χ3v) is 2.94. The van der Waals surface area contributed by atoms with Crippen molar-refractivity contribution in [1.82, 2.24) is 0 Å². The predicted octanol–water partition coefficient (Wildman–Crippen LogP) is 3.30. The average Bonchev–Trinajstić information content (AvgIpc) is 2.24. The number of carboxylic acids is 1. The topological polar surface area (TPSA) is 46.5 Å². The highest BCUT2D eigenvalue weighted by molar-refractivity contribution is 5.68. The lowest BCUT2D eigenvalue weighted by atomic mass is 9.74. The minimum atomic E-state index is -0.763. The molecule has 1 atom stereocenters. The number of aliphatic carboxylic acids is 1. The van der Waals surface area contributed by atoms with Gasteiger partial charge in [0.2, 0.25) is 0 Å². The van der Waals surface area contributed by atoms with Gasteiger partial charge in [0.25, 0.3) is 0 Å². The van der Waals surface area contributed by atoms with Crippen LogP contribution in [-0.2, 0) is 4.79 Å². The van der Waals surface area contributed by atoms with Crippen molar-refractivity contribution in [1.29, 1.82) is 0 Å². The summed E-state index contributed by atoms with van der Waals surface area (Å²) in [6.07, 6.45) is 0.149. The molecule has 0 saturated heterocycles. The SMILES string of the molecule is COc1ccc(C(CC(=O)O)C(C)(C)C)cc1. The molecule has 17 heavy (non-hydrogen) atoms. The van der Waals surface area contributed by atoms with E-state index in [-0.39, 0.29) is 17.8 Å². The third-order valence-electron chi connectivity index (χ3n) is 2.94. The first-order chi connectivity index (χ1) is 7.84. The molecule has 1 N–H and O–H groups in total. The molecule has 1 unspecified atom stereocenters. The zero-order chi connectivity index (χ0) is 13.1. The molecular formula is C14H20O3. The van der Waals surface area contributed by atoms with Gasteiger partial charge in [-0.05, 0) is 29.0 Å². The lowest BCUT2D eigenvalue weighted by molar-refractivity contribution is -0.138. The van der Waals surface area contributed by atoms with E-state index in [2.05, 4.69) is 20.8 Å². The summed E-state index contributed by atoms with van der Waals surface area (Å²) >= 11 is 0. The molecule has 1 aromatic carbocycles. The smallest absolute Gasteiger partial charge is 0.303 e. The quantitative estimate of drug-likeness (QED) is 0.872. The highest BCUT2D eigenvalue weighted by Crippen LogP contribution is 2.38. The zero-order valence-electron chi connectivity index (χ0n) is 10.9. The number of hydrogen-bond donors (Lipinski definition) is 1. The Bertz CT molecular complexity index is 373. The molecule has 1 rings (SSSR count). The summed E-state index contributed by atoms with van der Waals surface area (Å²) < 4.78 is 5.10. The van der Waals surface area contributed by atoms with E-state index < -0.39 is 5.97 Å². The second-order valence-corrected chi connectivity index (χ2v) is 5.29. The summed E-state index contributed by atoms with van der Waals surface area (Å²) in [7, 11) is 1.62. The summed E-state index contributed by atoms with van der Waals surface area (Å²) in [5, 5.41) is 8.98. The van der Waals surface area contributed by atoms with Gasteiger partial charge in [0.15, 0.2) is 0 Å². The van der Waals surface area contributed by atoms with Crippen molar-refractivity contribution >= 4 is 5.97 Å². The van der Waals surface area contributed by atoms with Crippen LogP contribution in [0.1, 0.15) is 38.7 Å². The molecule has 0 saturated carbocycles. The molecule has 3 heteroatoms. The molecule has 0 fully saturated rings. The molecule has 0 aliphatic carbocycles. The van der Waals surface area contributed by atoms with Crippen molar-refractivity contribution in [3.8, 4) is 5.75 Å². The van der Waals surface area contributed by atoms with Crippen LogP contribution in [0.4, 0.5) is 0 Å². The fourth-order valence-electron chi connectivity index (χ4n) is 1.93. The van der Waals surface area contributed by atoms with Crippen molar-refractivity contribution in [3.05, 3.63) is 29.8 Å². The monoisotopic (exact) mass is 236 g/mol. The van der Waals surface area contributed by atoms with E-state index in [4.69, 9.17) is 9.84 Å². The van der Waals surface area contributed by atoms with E-state index in [0.717, 1.165) is 11.3 Å². The van der Waals surface area contributed by atoms with Gasteiger partial charge < -0.3 is 9.84 Å². The van der Waals surface area contributed by atoms with Crippen molar-refractivity contribution < 1.29 is 14.6 Å². The standard InChI is InChI=1S/C14H20O3/c1-14(2,3)12(9-13(15)16)10-5-7-11(17-4)8-6-10/h5-8,12H,9H2,1-4H3,(H,15,16). The summed E-state index contributed by atoms with van der Waals surface area (Å²) in [5.41, 5.74) is 0.966. The minimum absolute atomic E-state index is 0.00547. The van der Waals surface area contributed by atoms with Gasteiger partial charge in [-0.3, -0.25) is 4.79 Å². The van der Waals surface area contributed by atoms with Gasteiger partial charge in [-0.15, -0.1) is 0 Å². The Labute approximate surface area is 102 Å². The molecule has 0 aliphatic heterocycles. The molecule has 94 valence electrons. The molecule has 0 radical (unpaired) electrons. The largest absolute Gasteiger partial charge is 0.497 e. The number of carboxylic acid groups (broad SMARTS) is 1. The first-order valence-electron chi connectivity index (χ1n) is 5.70. The Morgan fingerprint density at radius 3 is 2.18 bits per heavy atom. The van der Waals surface area contributed by atoms with Gasteiger partial charge in [-0.25, -0.2) is 0 Å². The summed E-state index contributed by atoms with van der Waals surface area (Å²) in [6, 6.07) is 7.63. The fourth-order valence-corrected chi connectivity index (χ4v) is 1.93. The zero-order valence-corrected chi connectivity index (χ0v) is 10.9. The van der Waals surface area contributed by atoms with E-state index in [0.29, 0.717) is 0 Å². The molecule has 0 spiro atoms. The van der Waals surface area contributed by atoms with Crippen LogP contribution < -0.4 is 4.74 Å². The Kier molecular flexibility index (Phi) is 4.16. The second kappa shape index (κ2) is 5.21. The summed E-state index contributed by atoms with van der Waals surface area (Å²) in [4.78, 5) is 10.9. The van der Waals surface area contributed by atoms with Crippen LogP contribution in [-0.4, -0.2) is 18.2 Å². The molecule has 1 aromatic rings. The second-order valence-electron chi connectivity index (χ2n) is 5.29. The van der Waals surface area contributed by atoms with Crippen molar-refractivity contribution in [2.75, 3.05) is 7.11 Å². The Morgan fingerprint density at radius 1 is 1.29 bits per heavy atom. The number of rotatable bonds is 4. The maximum Gasteiger partial charge on any atom is 0.303 e. The first-order valence-corrected chi connectivity index (χ1v) is 5.70. The van der Waals surface area contributed by atoms with Crippen LogP contribution in [0.2, 0.25) is 0 Å². The Balaban J connectivity index is 3.00. The number of benzene rings is 1. The van der Waals surface area contributed by atoms with Crippen LogP contribution in [0.3, 0.4) is 0 Å². The molecule has 3 nitrogen and oxygen atoms in total. The molecule has 0 aliphatic rings. The van der Waals surface area contributed by atoms with Crippen LogP contribution in [0, 0.1) is 5.41 Å². The number of hydrogen-bond acceptors (Lipinski definition) is 2. The number of ether oxygens (including phenoxy) is 1. The molecule has 0 amide bonds. The lowest BCUT2D eigenvalue weighted by Gasteiger charge is -2.30. The van der Waals surface area contributed by atoms with Gasteiger partial charge in [-0.2, -0.15) is 0 Å². The van der Waals surface area contributed by atoms with Gasteiger partial charge in [0, 0.05) is 0 Å². The van der Waals surface area contributed by atoms with Gasteiger partial charge >= 0.3 is 5.97 Å². The van der Waals surface area contributed by atoms with Crippen molar-refractivity contribution in [2.45, 2.75) is 33.1 Å². The first kappa shape index (κ1) is 13.6. The van der Waals surface area contributed by atoms with E-state index in [1.54, 1.807) is 7.11 Å². The highest BCUT2D eigenvalue weighted by Gasteiger charge is 2.28.